The molecule has 2 aromatic rings. The third kappa shape index (κ3) is 2.80. The van der Waals surface area contributed by atoms with E-state index in [-0.39, 0.29) is 6.04 Å². The molecule has 2 rings (SSSR count). The van der Waals surface area contributed by atoms with Gasteiger partial charge in [-0.25, -0.2) is 0 Å². The van der Waals surface area contributed by atoms with Crippen LogP contribution in [0.1, 0.15) is 33.2 Å². The first-order valence-electron chi connectivity index (χ1n) is 6.18. The van der Waals surface area contributed by atoms with Crippen molar-refractivity contribution in [2.75, 3.05) is 0 Å². The highest BCUT2D eigenvalue weighted by Crippen LogP contribution is 2.26. The van der Waals surface area contributed by atoms with Crippen molar-refractivity contribution in [3.63, 3.8) is 0 Å². The minimum Gasteiger partial charge on any atom is -0.271 e. The molecule has 1 heterocycles. The van der Waals surface area contributed by atoms with Crippen LogP contribution in [-0.4, -0.2) is 0 Å². The lowest BCUT2D eigenvalue weighted by Gasteiger charge is -2.16. The second-order valence-electron chi connectivity index (χ2n) is 4.81. The van der Waals surface area contributed by atoms with E-state index in [9.17, 15) is 0 Å². The summed E-state index contributed by atoms with van der Waals surface area (Å²) in [5.41, 5.74) is 8.25. The van der Waals surface area contributed by atoms with Crippen molar-refractivity contribution in [2.24, 2.45) is 5.84 Å². The molecule has 3 heteroatoms. The van der Waals surface area contributed by atoms with Gasteiger partial charge in [0, 0.05) is 4.88 Å². The molecule has 0 spiro atoms. The van der Waals surface area contributed by atoms with Gasteiger partial charge >= 0.3 is 0 Å². The molecule has 0 aliphatic carbocycles. The van der Waals surface area contributed by atoms with Gasteiger partial charge in [-0.1, -0.05) is 18.2 Å². The minimum atomic E-state index is 0.201. The van der Waals surface area contributed by atoms with Crippen molar-refractivity contribution in [1.82, 2.24) is 5.43 Å². The molecule has 0 bridgehead atoms. The number of nitrogens with one attached hydrogen (secondary N) is 1. The molecule has 2 nitrogen and oxygen atoms in total. The Kier molecular flexibility index (Phi) is 4.17. The summed E-state index contributed by atoms with van der Waals surface area (Å²) in [6.45, 7) is 6.43. The monoisotopic (exact) mass is 260 g/mol. The fraction of sp³-hybridized carbons (Fsp3) is 0.333. The summed E-state index contributed by atoms with van der Waals surface area (Å²) in [6, 6.07) is 8.97. The molecule has 3 N–H and O–H groups in total. The third-order valence-corrected chi connectivity index (χ3v) is 4.56. The fourth-order valence-corrected chi connectivity index (χ4v) is 3.12. The maximum atomic E-state index is 5.71. The highest BCUT2D eigenvalue weighted by molar-refractivity contribution is 7.10. The summed E-state index contributed by atoms with van der Waals surface area (Å²) in [5.74, 6) is 5.71. The third-order valence-electron chi connectivity index (χ3n) is 3.43. The Balaban J connectivity index is 2.20. The van der Waals surface area contributed by atoms with E-state index in [2.05, 4.69) is 55.8 Å². The summed E-state index contributed by atoms with van der Waals surface area (Å²) in [6.07, 6.45) is 0.930. The van der Waals surface area contributed by atoms with Crippen molar-refractivity contribution >= 4 is 11.3 Å². The van der Waals surface area contributed by atoms with Crippen molar-refractivity contribution in [3.05, 3.63) is 56.8 Å². The molecule has 18 heavy (non-hydrogen) atoms. The highest BCUT2D eigenvalue weighted by atomic mass is 32.1. The van der Waals surface area contributed by atoms with Crippen LogP contribution in [-0.2, 0) is 6.42 Å². The second-order valence-corrected chi connectivity index (χ2v) is 5.76. The van der Waals surface area contributed by atoms with Crippen molar-refractivity contribution in [2.45, 2.75) is 33.2 Å². The average Bonchev–Trinajstić information content (AvgIpc) is 2.77. The number of hydrogen-bond donors (Lipinski definition) is 2. The predicted octanol–water partition coefficient (Wildman–Crippen LogP) is 3.42. The maximum absolute atomic E-state index is 5.71. The zero-order valence-electron chi connectivity index (χ0n) is 11.2. The van der Waals surface area contributed by atoms with Crippen LogP contribution in [0.4, 0.5) is 0 Å². The number of nitrogens with two attached hydrogens (primary N) is 1. The summed E-state index contributed by atoms with van der Waals surface area (Å²) < 4.78 is 0. The van der Waals surface area contributed by atoms with Gasteiger partial charge in [0.2, 0.25) is 0 Å². The van der Waals surface area contributed by atoms with E-state index in [4.69, 9.17) is 5.84 Å². The van der Waals surface area contributed by atoms with Crippen LogP contribution in [0.3, 0.4) is 0 Å². The van der Waals surface area contributed by atoms with E-state index < -0.39 is 0 Å². The van der Waals surface area contributed by atoms with Gasteiger partial charge in [-0.2, -0.15) is 0 Å². The van der Waals surface area contributed by atoms with Crippen LogP contribution in [0.2, 0.25) is 0 Å². The minimum absolute atomic E-state index is 0.201. The zero-order valence-corrected chi connectivity index (χ0v) is 12.0. The van der Waals surface area contributed by atoms with Crippen molar-refractivity contribution < 1.29 is 0 Å². The Morgan fingerprint density at radius 1 is 1.11 bits per heavy atom. The Bertz CT molecular complexity index is 531. The van der Waals surface area contributed by atoms with Gasteiger partial charge in [0.1, 0.15) is 0 Å². The SMILES string of the molecule is Cc1ccc(CC(NN)c2sccc2C)cc1C. The first kappa shape index (κ1) is 13.3. The molecule has 1 aromatic heterocycles. The number of hydrazine groups is 1. The van der Waals surface area contributed by atoms with Crippen molar-refractivity contribution in [3.8, 4) is 0 Å². The van der Waals surface area contributed by atoms with Gasteiger partial charge < -0.3 is 0 Å². The summed E-state index contributed by atoms with van der Waals surface area (Å²) in [5, 5.41) is 2.12. The number of hydrogen-bond acceptors (Lipinski definition) is 3. The van der Waals surface area contributed by atoms with E-state index >= 15 is 0 Å². The first-order valence-corrected chi connectivity index (χ1v) is 7.06. The molecule has 0 amide bonds. The molecule has 0 saturated heterocycles. The Hall–Kier alpha value is -1.16. The van der Waals surface area contributed by atoms with Gasteiger partial charge in [-0.3, -0.25) is 11.3 Å². The van der Waals surface area contributed by atoms with E-state index in [1.807, 2.05) is 0 Å². The summed E-state index contributed by atoms with van der Waals surface area (Å²) in [7, 11) is 0. The predicted molar refractivity (Wildman–Crippen MR) is 78.7 cm³/mol. The zero-order chi connectivity index (χ0) is 13.1. The molecule has 0 radical (unpaired) electrons. The van der Waals surface area contributed by atoms with Crippen LogP contribution < -0.4 is 11.3 Å². The number of benzene rings is 1. The van der Waals surface area contributed by atoms with Crippen LogP contribution in [0.15, 0.2) is 29.6 Å². The highest BCUT2D eigenvalue weighted by Gasteiger charge is 2.14. The molecule has 0 aliphatic heterocycles. The standard InChI is InChI=1S/C15H20N2S/c1-10-4-5-13(8-12(10)3)9-14(17-16)15-11(2)6-7-18-15/h4-8,14,17H,9,16H2,1-3H3. The largest absolute Gasteiger partial charge is 0.271 e. The second kappa shape index (κ2) is 5.65. The summed E-state index contributed by atoms with van der Waals surface area (Å²) >= 11 is 1.77. The topological polar surface area (TPSA) is 38.0 Å². The van der Waals surface area contributed by atoms with Crippen molar-refractivity contribution in [1.29, 1.82) is 0 Å². The lowest BCUT2D eigenvalue weighted by molar-refractivity contribution is 0.558. The molecular formula is C15H20N2S. The average molecular weight is 260 g/mol. The number of thiophene rings is 1. The molecule has 0 saturated carbocycles. The first-order chi connectivity index (χ1) is 8.61. The van der Waals surface area contributed by atoms with E-state index in [0.717, 1.165) is 6.42 Å². The fourth-order valence-electron chi connectivity index (χ4n) is 2.13. The normalized spacial score (nSPS) is 12.7. The van der Waals surface area contributed by atoms with Gasteiger partial charge in [-0.15, -0.1) is 11.3 Å². The maximum Gasteiger partial charge on any atom is 0.0596 e. The lowest BCUT2D eigenvalue weighted by atomic mass is 9.99. The lowest BCUT2D eigenvalue weighted by Crippen LogP contribution is -2.29. The molecule has 1 atom stereocenters. The van der Waals surface area contributed by atoms with E-state index in [1.54, 1.807) is 11.3 Å². The smallest absolute Gasteiger partial charge is 0.0596 e. The molecule has 96 valence electrons. The van der Waals surface area contributed by atoms with Gasteiger partial charge in [0.05, 0.1) is 6.04 Å². The molecule has 0 fully saturated rings. The van der Waals surface area contributed by atoms with Crippen LogP contribution in [0.25, 0.3) is 0 Å². The molecule has 1 aromatic carbocycles. The van der Waals surface area contributed by atoms with E-state index in [1.165, 1.54) is 27.1 Å². The Morgan fingerprint density at radius 3 is 2.44 bits per heavy atom. The van der Waals surface area contributed by atoms with Gasteiger partial charge in [0.25, 0.3) is 0 Å². The quantitative estimate of drug-likeness (QED) is 0.653. The molecule has 1 unspecified atom stereocenters. The Morgan fingerprint density at radius 2 is 1.89 bits per heavy atom. The van der Waals surface area contributed by atoms with Crippen LogP contribution in [0, 0.1) is 20.8 Å². The van der Waals surface area contributed by atoms with Crippen LogP contribution >= 0.6 is 11.3 Å². The number of aryl methyl sites for hydroxylation is 3. The summed E-state index contributed by atoms with van der Waals surface area (Å²) in [4.78, 5) is 1.33. The molecule has 0 aliphatic rings. The van der Waals surface area contributed by atoms with Gasteiger partial charge in [-0.05, 0) is 60.9 Å². The molecular weight excluding hydrogens is 240 g/mol. The number of rotatable bonds is 4. The van der Waals surface area contributed by atoms with E-state index in [0.29, 0.717) is 0 Å². The van der Waals surface area contributed by atoms with Gasteiger partial charge in [0.15, 0.2) is 0 Å². The Labute approximate surface area is 113 Å². The van der Waals surface area contributed by atoms with Crippen LogP contribution in [0.5, 0.6) is 0 Å².